The van der Waals surface area contributed by atoms with Crippen LogP contribution >= 0.6 is 0 Å². The first-order chi connectivity index (χ1) is 17.1. The largest absolute Gasteiger partial charge is 0.395 e. The molecular formula is C26H32FN7O. The number of amidine groups is 1. The van der Waals surface area contributed by atoms with E-state index >= 15 is 0 Å². The van der Waals surface area contributed by atoms with Gasteiger partial charge in [-0.05, 0) is 43.0 Å². The van der Waals surface area contributed by atoms with E-state index < -0.39 is 0 Å². The van der Waals surface area contributed by atoms with E-state index in [-0.39, 0.29) is 18.0 Å². The number of nitrogens with one attached hydrogen (secondary N) is 2. The van der Waals surface area contributed by atoms with Gasteiger partial charge in [0, 0.05) is 45.2 Å². The summed E-state index contributed by atoms with van der Waals surface area (Å²) in [5, 5.41) is 20.1. The third kappa shape index (κ3) is 5.52. The van der Waals surface area contributed by atoms with Gasteiger partial charge in [-0.15, -0.1) is 0 Å². The second kappa shape index (κ2) is 10.1. The first kappa shape index (κ1) is 23.4. The molecule has 1 aliphatic carbocycles. The van der Waals surface area contributed by atoms with Gasteiger partial charge in [0.2, 0.25) is 5.96 Å². The number of aliphatic hydroxyl groups is 1. The number of hydrogen-bond donors (Lipinski definition) is 3. The van der Waals surface area contributed by atoms with E-state index in [1.807, 2.05) is 37.3 Å². The number of anilines is 1. The Balaban J connectivity index is 1.39. The maximum absolute atomic E-state index is 13.7. The molecule has 2 aliphatic heterocycles. The third-order valence-electron chi connectivity index (χ3n) is 6.80. The molecule has 8 nitrogen and oxygen atoms in total. The highest BCUT2D eigenvalue weighted by Gasteiger charge is 2.54. The number of halogens is 1. The molecule has 1 aromatic heterocycles. The first-order valence-corrected chi connectivity index (χ1v) is 12.2. The number of H-pyrrole nitrogens is 1. The summed E-state index contributed by atoms with van der Waals surface area (Å²) in [5.74, 6) is 2.38. The summed E-state index contributed by atoms with van der Waals surface area (Å²) < 4.78 is 13.7. The molecule has 2 fully saturated rings. The molecule has 2 atom stereocenters. The Kier molecular flexibility index (Phi) is 6.79. The maximum atomic E-state index is 13.7. The average Bonchev–Trinajstić information content (AvgIpc) is 3.36. The highest BCUT2D eigenvalue weighted by molar-refractivity contribution is 6.04. The van der Waals surface area contributed by atoms with Crippen LogP contribution in [-0.2, 0) is 0 Å². The van der Waals surface area contributed by atoms with Gasteiger partial charge in [-0.2, -0.15) is 5.10 Å². The SMILES string of the molecule is C/C=C/c1cc(NC2=NC(N3CCN(CCO)CC3)=NC3(C=Cc4cccc(F)c4)CC3C2)n[nH]1. The number of aliphatic hydroxyl groups excluding tert-OH is 1. The average molecular weight is 478 g/mol. The number of rotatable bonds is 6. The summed E-state index contributed by atoms with van der Waals surface area (Å²) in [6.07, 6.45) is 9.71. The second-order valence-electron chi connectivity index (χ2n) is 9.34. The molecule has 0 bridgehead atoms. The van der Waals surface area contributed by atoms with Gasteiger partial charge in [0.05, 0.1) is 17.8 Å². The van der Waals surface area contributed by atoms with E-state index in [4.69, 9.17) is 9.98 Å². The number of guanidine groups is 1. The highest BCUT2D eigenvalue weighted by atomic mass is 19.1. The van der Waals surface area contributed by atoms with Crippen LogP contribution in [0.5, 0.6) is 0 Å². The topological polar surface area (TPSA) is 92.1 Å². The molecule has 1 saturated heterocycles. The van der Waals surface area contributed by atoms with E-state index in [1.54, 1.807) is 6.07 Å². The van der Waals surface area contributed by atoms with Gasteiger partial charge < -0.3 is 15.3 Å². The zero-order valence-corrected chi connectivity index (χ0v) is 20.0. The van der Waals surface area contributed by atoms with Crippen molar-refractivity contribution in [2.24, 2.45) is 15.9 Å². The molecule has 2 aromatic rings. The fourth-order valence-corrected chi connectivity index (χ4v) is 4.77. The van der Waals surface area contributed by atoms with Gasteiger partial charge in [-0.25, -0.2) is 14.4 Å². The van der Waals surface area contributed by atoms with Crippen molar-refractivity contribution < 1.29 is 9.50 Å². The second-order valence-corrected chi connectivity index (χ2v) is 9.34. The molecule has 35 heavy (non-hydrogen) atoms. The van der Waals surface area contributed by atoms with Crippen molar-refractivity contribution >= 4 is 29.8 Å². The smallest absolute Gasteiger partial charge is 0.223 e. The van der Waals surface area contributed by atoms with Crippen LogP contribution in [-0.4, -0.2) is 81.8 Å². The molecule has 5 rings (SSSR count). The number of piperazine rings is 1. The minimum Gasteiger partial charge on any atom is -0.395 e. The van der Waals surface area contributed by atoms with Gasteiger partial charge in [0.15, 0.2) is 5.82 Å². The number of allylic oxidation sites excluding steroid dienone is 1. The lowest BCUT2D eigenvalue weighted by molar-refractivity contribution is 0.146. The quantitative estimate of drug-likeness (QED) is 0.594. The van der Waals surface area contributed by atoms with Crippen LogP contribution in [0, 0.1) is 11.7 Å². The summed E-state index contributed by atoms with van der Waals surface area (Å²) >= 11 is 0. The van der Waals surface area contributed by atoms with Crippen LogP contribution in [0.3, 0.4) is 0 Å². The van der Waals surface area contributed by atoms with Crippen molar-refractivity contribution in [3.05, 3.63) is 59.6 Å². The Morgan fingerprint density at radius 1 is 1.23 bits per heavy atom. The van der Waals surface area contributed by atoms with Crippen LogP contribution in [0.15, 0.2) is 52.5 Å². The fraction of sp³-hybridized carbons (Fsp3) is 0.423. The van der Waals surface area contributed by atoms with Crippen molar-refractivity contribution in [1.82, 2.24) is 20.0 Å². The number of nitrogens with zero attached hydrogens (tertiary/aromatic N) is 5. The van der Waals surface area contributed by atoms with Crippen molar-refractivity contribution in [1.29, 1.82) is 0 Å². The lowest BCUT2D eigenvalue weighted by atomic mass is 10.1. The Morgan fingerprint density at radius 3 is 2.86 bits per heavy atom. The third-order valence-corrected chi connectivity index (χ3v) is 6.80. The van der Waals surface area contributed by atoms with Gasteiger partial charge >= 0.3 is 0 Å². The molecule has 0 amide bonds. The number of aliphatic imine (C=N–C) groups is 2. The van der Waals surface area contributed by atoms with Crippen LogP contribution in [0.4, 0.5) is 10.2 Å². The maximum Gasteiger partial charge on any atom is 0.223 e. The standard InChI is InChI=1S/C26H32FN7O/c1-2-4-22-17-24(32-31-22)28-23-16-20-18-26(20,8-7-19-5-3-6-21(27)15-19)30-25(29-23)34-11-9-33(10-12-34)13-14-35/h2-8,15,17,20,35H,9-14,16,18H2,1H3,(H2,28,29,30,31,32)/b4-2+,8-7?. The van der Waals surface area contributed by atoms with Crippen molar-refractivity contribution in [2.75, 3.05) is 44.6 Å². The molecule has 184 valence electrons. The number of β-amino-alcohol motifs (C(OH)–C–C–N with tert-alkyl or cyclic N) is 1. The predicted molar refractivity (Wildman–Crippen MR) is 138 cm³/mol. The zero-order valence-electron chi connectivity index (χ0n) is 20.0. The van der Waals surface area contributed by atoms with Gasteiger partial charge in [0.1, 0.15) is 11.7 Å². The highest BCUT2D eigenvalue weighted by Crippen LogP contribution is 2.52. The Morgan fingerprint density at radius 2 is 2.09 bits per heavy atom. The molecule has 3 N–H and O–H groups in total. The van der Waals surface area contributed by atoms with Crippen molar-refractivity contribution in [2.45, 2.75) is 25.3 Å². The molecule has 9 heteroatoms. The summed E-state index contributed by atoms with van der Waals surface area (Å²) in [5.41, 5.74) is 1.42. The number of fused-ring (bicyclic) bond motifs is 1. The summed E-state index contributed by atoms with van der Waals surface area (Å²) in [4.78, 5) is 14.6. The van der Waals surface area contributed by atoms with E-state index in [1.165, 1.54) is 12.1 Å². The van der Waals surface area contributed by atoms with E-state index in [0.29, 0.717) is 12.5 Å². The Labute approximate surface area is 205 Å². The molecule has 2 unspecified atom stereocenters. The summed E-state index contributed by atoms with van der Waals surface area (Å²) in [6, 6.07) is 8.58. The van der Waals surface area contributed by atoms with Crippen LogP contribution in [0.25, 0.3) is 12.2 Å². The fourth-order valence-electron chi connectivity index (χ4n) is 4.77. The van der Waals surface area contributed by atoms with Gasteiger partial charge in [-0.3, -0.25) is 10.00 Å². The lowest BCUT2D eigenvalue weighted by Crippen LogP contribution is -2.49. The zero-order chi connectivity index (χ0) is 24.3. The monoisotopic (exact) mass is 477 g/mol. The number of aromatic nitrogens is 2. The van der Waals surface area contributed by atoms with E-state index in [2.05, 4.69) is 31.4 Å². The van der Waals surface area contributed by atoms with Crippen LogP contribution in [0.2, 0.25) is 0 Å². The molecular weight excluding hydrogens is 445 g/mol. The molecule has 1 aromatic carbocycles. The molecule has 1 saturated carbocycles. The minimum absolute atomic E-state index is 0.168. The molecule has 0 radical (unpaired) electrons. The predicted octanol–water partition coefficient (Wildman–Crippen LogP) is 3.23. The van der Waals surface area contributed by atoms with Gasteiger partial charge in [0.25, 0.3) is 0 Å². The summed E-state index contributed by atoms with van der Waals surface area (Å²) in [7, 11) is 0. The van der Waals surface area contributed by atoms with Gasteiger partial charge in [-0.1, -0.05) is 30.4 Å². The number of aromatic amines is 1. The van der Waals surface area contributed by atoms with Crippen molar-refractivity contribution in [3.63, 3.8) is 0 Å². The van der Waals surface area contributed by atoms with E-state index in [0.717, 1.165) is 67.9 Å². The number of benzene rings is 1. The molecule has 0 spiro atoms. The van der Waals surface area contributed by atoms with Crippen molar-refractivity contribution in [3.8, 4) is 0 Å². The Hall–Kier alpha value is -3.30. The lowest BCUT2D eigenvalue weighted by Gasteiger charge is -2.35. The molecule has 3 heterocycles. The number of hydrogen-bond acceptors (Lipinski definition) is 7. The minimum atomic E-state index is -0.335. The first-order valence-electron chi connectivity index (χ1n) is 12.2. The van der Waals surface area contributed by atoms with Crippen LogP contribution in [0.1, 0.15) is 31.0 Å². The normalized spacial score (nSPS) is 24.9. The molecule has 3 aliphatic rings. The summed E-state index contributed by atoms with van der Waals surface area (Å²) in [6.45, 7) is 6.15. The Bertz CT molecular complexity index is 1160. The van der Waals surface area contributed by atoms with Crippen LogP contribution < -0.4 is 5.32 Å². The van der Waals surface area contributed by atoms with E-state index in [9.17, 15) is 9.50 Å².